The highest BCUT2D eigenvalue weighted by molar-refractivity contribution is 5.84. The van der Waals surface area contributed by atoms with Gasteiger partial charge in [0.2, 0.25) is 0 Å². The zero-order chi connectivity index (χ0) is 16.5. The van der Waals surface area contributed by atoms with Gasteiger partial charge in [-0.1, -0.05) is 19.9 Å². The van der Waals surface area contributed by atoms with Crippen molar-refractivity contribution in [3.05, 3.63) is 46.5 Å². The van der Waals surface area contributed by atoms with Crippen molar-refractivity contribution in [3.63, 3.8) is 0 Å². The number of hydroxylamine groups is 1. The molecule has 118 valence electrons. The Morgan fingerprint density at radius 2 is 1.95 bits per heavy atom. The Hall–Kier alpha value is -2.90. The first-order valence-corrected chi connectivity index (χ1v) is 6.43. The minimum absolute atomic E-state index is 0.0809. The van der Waals surface area contributed by atoms with Crippen molar-refractivity contribution in [2.75, 3.05) is 6.61 Å². The maximum absolute atomic E-state index is 11.4. The average Bonchev–Trinajstić information content (AvgIpc) is 2.49. The number of amides is 1. The van der Waals surface area contributed by atoms with Gasteiger partial charge in [-0.2, -0.15) is 5.48 Å². The quantitative estimate of drug-likeness (QED) is 0.487. The molecule has 0 radical (unpaired) electrons. The number of nitrogens with zero attached hydrogens (tertiary/aromatic N) is 1. The first-order chi connectivity index (χ1) is 10.4. The van der Waals surface area contributed by atoms with Crippen LogP contribution in [-0.4, -0.2) is 23.4 Å². The van der Waals surface area contributed by atoms with Crippen molar-refractivity contribution in [1.29, 1.82) is 0 Å². The SMILES string of the molecule is CC(C)/C=C/C(=O)ONC(=O)COc1ccc([N+](=O)[O-])cc1. The van der Waals surface area contributed by atoms with E-state index in [2.05, 4.69) is 4.84 Å². The number of hydrogen-bond acceptors (Lipinski definition) is 6. The van der Waals surface area contributed by atoms with Gasteiger partial charge in [0.1, 0.15) is 5.75 Å². The summed E-state index contributed by atoms with van der Waals surface area (Å²) in [5, 5.41) is 10.5. The van der Waals surface area contributed by atoms with Crippen LogP contribution >= 0.6 is 0 Å². The zero-order valence-electron chi connectivity index (χ0n) is 12.1. The number of rotatable bonds is 6. The van der Waals surface area contributed by atoms with Gasteiger partial charge in [0, 0.05) is 18.2 Å². The highest BCUT2D eigenvalue weighted by Gasteiger charge is 2.08. The molecule has 0 saturated carbocycles. The van der Waals surface area contributed by atoms with E-state index in [0.29, 0.717) is 0 Å². The number of carbonyl (C=O) groups excluding carboxylic acids is 2. The van der Waals surface area contributed by atoms with Crippen LogP contribution in [0.15, 0.2) is 36.4 Å². The normalized spacial score (nSPS) is 10.5. The van der Waals surface area contributed by atoms with Gasteiger partial charge < -0.3 is 9.57 Å². The minimum atomic E-state index is -0.697. The number of nitro benzene ring substituents is 1. The van der Waals surface area contributed by atoms with Crippen molar-refractivity contribution in [2.24, 2.45) is 5.92 Å². The number of nitrogens with one attached hydrogen (secondary N) is 1. The molecule has 1 amide bonds. The lowest BCUT2D eigenvalue weighted by atomic mass is 10.2. The third kappa shape index (κ3) is 6.51. The number of carbonyl (C=O) groups is 2. The van der Waals surface area contributed by atoms with Crippen molar-refractivity contribution >= 4 is 17.6 Å². The minimum Gasteiger partial charge on any atom is -0.484 e. The summed E-state index contributed by atoms with van der Waals surface area (Å²) in [6.45, 7) is 3.39. The van der Waals surface area contributed by atoms with Crippen LogP contribution in [0.5, 0.6) is 5.75 Å². The fraction of sp³-hybridized carbons (Fsp3) is 0.286. The molecule has 1 rings (SSSR count). The van der Waals surface area contributed by atoms with E-state index < -0.39 is 16.8 Å². The van der Waals surface area contributed by atoms with E-state index in [4.69, 9.17) is 4.74 Å². The third-order valence-electron chi connectivity index (χ3n) is 2.30. The van der Waals surface area contributed by atoms with E-state index in [0.717, 1.165) is 0 Å². The van der Waals surface area contributed by atoms with Gasteiger partial charge in [-0.05, 0) is 18.1 Å². The number of benzene rings is 1. The molecule has 0 aliphatic carbocycles. The van der Waals surface area contributed by atoms with Crippen LogP contribution in [-0.2, 0) is 14.4 Å². The fourth-order valence-electron chi connectivity index (χ4n) is 1.25. The maximum atomic E-state index is 11.4. The van der Waals surface area contributed by atoms with Gasteiger partial charge in [0.15, 0.2) is 6.61 Å². The first kappa shape index (κ1) is 17.2. The molecule has 1 N–H and O–H groups in total. The summed E-state index contributed by atoms with van der Waals surface area (Å²) in [7, 11) is 0. The van der Waals surface area contributed by atoms with Crippen molar-refractivity contribution in [3.8, 4) is 5.75 Å². The molecule has 0 atom stereocenters. The highest BCUT2D eigenvalue weighted by atomic mass is 16.7. The average molecular weight is 308 g/mol. The van der Waals surface area contributed by atoms with Crippen LogP contribution in [0.4, 0.5) is 5.69 Å². The standard InChI is InChI=1S/C14H16N2O6/c1-10(2)3-8-14(18)22-15-13(17)9-21-12-6-4-11(5-7-12)16(19)20/h3-8,10H,9H2,1-2H3,(H,15,17)/b8-3+. The first-order valence-electron chi connectivity index (χ1n) is 6.43. The lowest BCUT2D eigenvalue weighted by Crippen LogP contribution is -2.30. The largest absolute Gasteiger partial charge is 0.484 e. The number of non-ortho nitro benzene ring substituents is 1. The second-order valence-electron chi connectivity index (χ2n) is 4.59. The van der Waals surface area contributed by atoms with Crippen LogP contribution < -0.4 is 10.2 Å². The molecule has 0 heterocycles. The number of nitro groups is 1. The Bertz CT molecular complexity index is 565. The van der Waals surface area contributed by atoms with Crippen LogP contribution in [0.2, 0.25) is 0 Å². The lowest BCUT2D eigenvalue weighted by molar-refractivity contribution is -0.384. The summed E-state index contributed by atoms with van der Waals surface area (Å²) in [6.07, 6.45) is 2.84. The second kappa shape index (κ2) is 8.40. The van der Waals surface area contributed by atoms with E-state index >= 15 is 0 Å². The van der Waals surface area contributed by atoms with E-state index in [-0.39, 0.29) is 24.0 Å². The molecular weight excluding hydrogens is 292 g/mol. The van der Waals surface area contributed by atoms with Gasteiger partial charge in [-0.25, -0.2) is 4.79 Å². The molecule has 0 aliphatic rings. The molecule has 0 aliphatic heterocycles. The molecule has 1 aromatic carbocycles. The smallest absolute Gasteiger partial charge is 0.355 e. The van der Waals surface area contributed by atoms with Crippen molar-refractivity contribution in [2.45, 2.75) is 13.8 Å². The predicted octanol–water partition coefficient (Wildman–Crippen LogP) is 1.76. The molecule has 0 aromatic heterocycles. The van der Waals surface area contributed by atoms with E-state index in [1.807, 2.05) is 19.3 Å². The lowest BCUT2D eigenvalue weighted by Gasteiger charge is -2.06. The molecule has 8 heteroatoms. The summed E-state index contributed by atoms with van der Waals surface area (Å²) in [5.74, 6) is -0.887. The summed E-state index contributed by atoms with van der Waals surface area (Å²) in [5.41, 5.74) is 1.85. The van der Waals surface area contributed by atoms with Crippen molar-refractivity contribution in [1.82, 2.24) is 5.48 Å². The fourth-order valence-corrected chi connectivity index (χ4v) is 1.25. The highest BCUT2D eigenvalue weighted by Crippen LogP contribution is 2.16. The van der Waals surface area contributed by atoms with Gasteiger partial charge in [-0.3, -0.25) is 14.9 Å². The molecule has 22 heavy (non-hydrogen) atoms. The maximum Gasteiger partial charge on any atom is 0.355 e. The Morgan fingerprint density at radius 3 is 2.50 bits per heavy atom. The van der Waals surface area contributed by atoms with Crippen LogP contribution in [0, 0.1) is 16.0 Å². The summed E-state index contributed by atoms with van der Waals surface area (Å²) < 4.78 is 5.09. The molecular formula is C14H16N2O6. The van der Waals surface area contributed by atoms with Crippen molar-refractivity contribution < 1.29 is 24.1 Å². The zero-order valence-corrected chi connectivity index (χ0v) is 12.1. The predicted molar refractivity (Wildman–Crippen MR) is 76.8 cm³/mol. The molecule has 0 spiro atoms. The summed E-state index contributed by atoms with van der Waals surface area (Å²) in [6, 6.07) is 5.24. The molecule has 8 nitrogen and oxygen atoms in total. The third-order valence-corrected chi connectivity index (χ3v) is 2.30. The second-order valence-corrected chi connectivity index (χ2v) is 4.59. The van der Waals surface area contributed by atoms with Gasteiger partial charge in [-0.15, -0.1) is 0 Å². The molecule has 0 saturated heterocycles. The van der Waals surface area contributed by atoms with E-state index in [1.165, 1.54) is 30.3 Å². The van der Waals surface area contributed by atoms with Crippen LogP contribution in [0.1, 0.15) is 13.8 Å². The summed E-state index contributed by atoms with van der Waals surface area (Å²) >= 11 is 0. The number of hydrogen-bond donors (Lipinski definition) is 1. The molecule has 0 fully saturated rings. The van der Waals surface area contributed by atoms with Crippen LogP contribution in [0.25, 0.3) is 0 Å². The Balaban J connectivity index is 2.34. The topological polar surface area (TPSA) is 108 Å². The summed E-state index contributed by atoms with van der Waals surface area (Å²) in [4.78, 5) is 37.0. The van der Waals surface area contributed by atoms with Gasteiger partial charge in [0.25, 0.3) is 11.6 Å². The number of allylic oxidation sites excluding steroid dienone is 1. The van der Waals surface area contributed by atoms with Gasteiger partial charge in [0.05, 0.1) is 4.92 Å². The Morgan fingerprint density at radius 1 is 1.32 bits per heavy atom. The van der Waals surface area contributed by atoms with Crippen LogP contribution in [0.3, 0.4) is 0 Å². The molecule has 0 unspecified atom stereocenters. The Labute approximate surface area is 126 Å². The molecule has 0 bridgehead atoms. The Kier molecular flexibility index (Phi) is 6.55. The molecule has 1 aromatic rings. The van der Waals surface area contributed by atoms with E-state index in [9.17, 15) is 19.7 Å². The number of ether oxygens (including phenoxy) is 1. The van der Waals surface area contributed by atoms with Gasteiger partial charge >= 0.3 is 5.97 Å². The monoisotopic (exact) mass is 308 g/mol. The van der Waals surface area contributed by atoms with E-state index in [1.54, 1.807) is 6.08 Å².